The van der Waals surface area contributed by atoms with Gasteiger partial charge >= 0.3 is 0 Å². The summed E-state index contributed by atoms with van der Waals surface area (Å²) in [5.41, 5.74) is 0.840. The average Bonchev–Trinajstić information content (AvgIpc) is 2.25. The topological polar surface area (TPSA) is 34.1 Å². The molecule has 0 amide bonds. The number of ketones is 1. The van der Waals surface area contributed by atoms with E-state index in [0.29, 0.717) is 5.75 Å². The number of hydrogen-bond donors (Lipinski definition) is 0. The summed E-state index contributed by atoms with van der Waals surface area (Å²) in [5, 5.41) is 0.0539. The molecular formula is C13H13FO2S. The minimum absolute atomic E-state index is 0.0539. The van der Waals surface area contributed by atoms with E-state index in [-0.39, 0.29) is 16.5 Å². The molecule has 0 bridgehead atoms. The van der Waals surface area contributed by atoms with Crippen molar-refractivity contribution < 1.29 is 14.0 Å². The summed E-state index contributed by atoms with van der Waals surface area (Å²) < 4.78 is 13.2. The van der Waals surface area contributed by atoms with Gasteiger partial charge in [0.2, 0.25) is 0 Å². The minimum atomic E-state index is -0.507. The van der Waals surface area contributed by atoms with Gasteiger partial charge in [-0.25, -0.2) is 4.39 Å². The van der Waals surface area contributed by atoms with Crippen LogP contribution in [0.25, 0.3) is 6.08 Å². The zero-order valence-electron chi connectivity index (χ0n) is 9.70. The van der Waals surface area contributed by atoms with Crippen molar-refractivity contribution in [3.05, 3.63) is 41.2 Å². The summed E-state index contributed by atoms with van der Waals surface area (Å²) in [6.45, 7) is 2.84. The van der Waals surface area contributed by atoms with Crippen LogP contribution in [0.15, 0.2) is 24.3 Å². The largest absolute Gasteiger partial charge is 0.294 e. The molecule has 0 heterocycles. The molecule has 1 aromatic carbocycles. The predicted octanol–water partition coefficient (Wildman–Crippen LogP) is 3.32. The van der Waals surface area contributed by atoms with Crippen LogP contribution < -0.4 is 0 Å². The molecule has 4 heteroatoms. The zero-order chi connectivity index (χ0) is 12.8. The molecule has 0 atom stereocenters. The molecular weight excluding hydrogens is 239 g/mol. The van der Waals surface area contributed by atoms with Gasteiger partial charge in [0.15, 0.2) is 10.9 Å². The third kappa shape index (κ3) is 4.53. The van der Waals surface area contributed by atoms with E-state index < -0.39 is 5.82 Å². The summed E-state index contributed by atoms with van der Waals surface area (Å²) >= 11 is 1.20. The highest BCUT2D eigenvalue weighted by atomic mass is 32.2. The number of halogens is 1. The van der Waals surface area contributed by atoms with Gasteiger partial charge in [0.05, 0.1) is 5.56 Å². The van der Waals surface area contributed by atoms with Gasteiger partial charge in [0, 0.05) is 12.7 Å². The van der Waals surface area contributed by atoms with Crippen LogP contribution in [0.1, 0.15) is 29.8 Å². The Morgan fingerprint density at radius 1 is 1.35 bits per heavy atom. The first-order valence-electron chi connectivity index (χ1n) is 5.11. The lowest BCUT2D eigenvalue weighted by Crippen LogP contribution is -1.97. The van der Waals surface area contributed by atoms with E-state index in [9.17, 15) is 14.0 Å². The first kappa shape index (κ1) is 13.6. The van der Waals surface area contributed by atoms with E-state index in [1.165, 1.54) is 37.7 Å². The van der Waals surface area contributed by atoms with E-state index in [1.807, 2.05) is 6.08 Å². The third-order valence-corrected chi connectivity index (χ3v) is 2.83. The number of carbonyl (C=O) groups is 2. The lowest BCUT2D eigenvalue weighted by atomic mass is 10.1. The lowest BCUT2D eigenvalue weighted by Gasteiger charge is -2.00. The normalized spacial score (nSPS) is 10.8. The van der Waals surface area contributed by atoms with Gasteiger partial charge in [0.1, 0.15) is 5.82 Å². The van der Waals surface area contributed by atoms with Crippen molar-refractivity contribution in [2.45, 2.75) is 13.8 Å². The molecule has 0 aromatic heterocycles. The molecule has 0 saturated carbocycles. The summed E-state index contributed by atoms with van der Waals surface area (Å²) in [4.78, 5) is 21.8. The van der Waals surface area contributed by atoms with E-state index in [4.69, 9.17) is 0 Å². The second kappa shape index (κ2) is 6.35. The van der Waals surface area contributed by atoms with Gasteiger partial charge < -0.3 is 0 Å². The smallest absolute Gasteiger partial charge is 0.186 e. The Kier molecular flexibility index (Phi) is 5.10. The van der Waals surface area contributed by atoms with Crippen LogP contribution in [0, 0.1) is 5.82 Å². The van der Waals surface area contributed by atoms with Crippen molar-refractivity contribution in [1.29, 1.82) is 0 Å². The molecule has 0 N–H and O–H groups in total. The summed E-state index contributed by atoms with van der Waals surface area (Å²) in [6.07, 6.45) is 3.57. The van der Waals surface area contributed by atoms with Gasteiger partial charge in [-0.1, -0.05) is 30.0 Å². The van der Waals surface area contributed by atoms with E-state index in [0.717, 1.165) is 5.56 Å². The average molecular weight is 252 g/mol. The maximum absolute atomic E-state index is 13.2. The second-order valence-electron chi connectivity index (χ2n) is 3.50. The quantitative estimate of drug-likeness (QED) is 0.771. The van der Waals surface area contributed by atoms with Crippen LogP contribution >= 0.6 is 11.8 Å². The van der Waals surface area contributed by atoms with Gasteiger partial charge in [-0.2, -0.15) is 0 Å². The van der Waals surface area contributed by atoms with Gasteiger partial charge in [-0.3, -0.25) is 9.59 Å². The molecule has 0 aliphatic heterocycles. The summed E-state index contributed by atoms with van der Waals surface area (Å²) in [6, 6.07) is 4.37. The van der Waals surface area contributed by atoms with E-state index in [2.05, 4.69) is 0 Å². The predicted molar refractivity (Wildman–Crippen MR) is 68.6 cm³/mol. The van der Waals surface area contributed by atoms with Crippen molar-refractivity contribution in [2.75, 3.05) is 5.75 Å². The highest BCUT2D eigenvalue weighted by Gasteiger charge is 2.06. The number of Topliss-reactive ketones (excluding diaryl/α,β-unsaturated/α-hetero) is 1. The second-order valence-corrected chi connectivity index (χ2v) is 4.70. The third-order valence-electron chi connectivity index (χ3n) is 2.06. The molecule has 17 heavy (non-hydrogen) atoms. The fourth-order valence-electron chi connectivity index (χ4n) is 1.27. The highest BCUT2D eigenvalue weighted by molar-refractivity contribution is 8.13. The Morgan fingerprint density at radius 3 is 2.65 bits per heavy atom. The number of benzene rings is 1. The van der Waals surface area contributed by atoms with Crippen LogP contribution in [0.5, 0.6) is 0 Å². The van der Waals surface area contributed by atoms with Crippen LogP contribution in [0.3, 0.4) is 0 Å². The SMILES string of the molecule is CC(=O)SCC=Cc1ccc(F)c(C(C)=O)c1. The molecule has 1 aromatic rings. The maximum Gasteiger partial charge on any atom is 0.186 e. The van der Waals surface area contributed by atoms with Crippen LogP contribution in [-0.4, -0.2) is 16.7 Å². The zero-order valence-corrected chi connectivity index (χ0v) is 10.5. The number of thioether (sulfide) groups is 1. The molecule has 0 aliphatic carbocycles. The van der Waals surface area contributed by atoms with Gasteiger partial charge in [-0.15, -0.1) is 0 Å². The molecule has 2 nitrogen and oxygen atoms in total. The minimum Gasteiger partial charge on any atom is -0.294 e. The van der Waals surface area contributed by atoms with Crippen molar-refractivity contribution in [3.63, 3.8) is 0 Å². The molecule has 90 valence electrons. The first-order valence-corrected chi connectivity index (χ1v) is 6.09. The number of hydrogen-bond acceptors (Lipinski definition) is 3. The molecule has 0 saturated heterocycles. The Morgan fingerprint density at radius 2 is 2.06 bits per heavy atom. The fourth-order valence-corrected chi connectivity index (χ4v) is 1.69. The van der Waals surface area contributed by atoms with Crippen molar-refractivity contribution in [3.8, 4) is 0 Å². The van der Waals surface area contributed by atoms with Crippen molar-refractivity contribution in [2.24, 2.45) is 0 Å². The van der Waals surface area contributed by atoms with E-state index >= 15 is 0 Å². The Balaban J connectivity index is 2.75. The fraction of sp³-hybridized carbons (Fsp3) is 0.231. The molecule has 1 rings (SSSR count). The summed E-state index contributed by atoms with van der Waals surface area (Å²) in [7, 11) is 0. The van der Waals surface area contributed by atoms with Crippen molar-refractivity contribution >= 4 is 28.7 Å². The molecule has 0 fully saturated rings. The number of carbonyl (C=O) groups excluding carboxylic acids is 2. The molecule has 0 radical (unpaired) electrons. The lowest BCUT2D eigenvalue weighted by molar-refractivity contribution is -0.109. The Bertz CT molecular complexity index is 466. The summed E-state index contributed by atoms with van der Waals surface area (Å²) in [5.74, 6) is -0.231. The van der Waals surface area contributed by atoms with Crippen LogP contribution in [-0.2, 0) is 4.79 Å². The maximum atomic E-state index is 13.2. The van der Waals surface area contributed by atoms with Crippen LogP contribution in [0.2, 0.25) is 0 Å². The van der Waals surface area contributed by atoms with Crippen LogP contribution in [0.4, 0.5) is 4.39 Å². The molecule has 0 aliphatic rings. The number of rotatable bonds is 4. The Labute approximate surface area is 104 Å². The van der Waals surface area contributed by atoms with Crippen molar-refractivity contribution in [1.82, 2.24) is 0 Å². The Hall–Kier alpha value is -1.42. The van der Waals surface area contributed by atoms with Gasteiger partial charge in [-0.05, 0) is 24.6 Å². The molecule has 0 spiro atoms. The van der Waals surface area contributed by atoms with E-state index in [1.54, 1.807) is 12.1 Å². The van der Waals surface area contributed by atoms with Gasteiger partial charge in [0.25, 0.3) is 0 Å². The monoisotopic (exact) mass is 252 g/mol. The molecule has 0 unspecified atom stereocenters. The first-order chi connectivity index (χ1) is 8.00. The standard InChI is InChI=1S/C13H13FO2S/c1-9(15)12-8-11(5-6-13(12)14)4-3-7-17-10(2)16/h3-6,8H,7H2,1-2H3. The highest BCUT2D eigenvalue weighted by Crippen LogP contribution is 2.13.